The Morgan fingerprint density at radius 3 is 0.750 bits per heavy atom. The topological polar surface area (TPSA) is 31.5 Å². The molecule has 0 spiro atoms. The average molecular weight is 192 g/mol. The Labute approximate surface area is 46.1 Å². The molecule has 0 saturated carbocycles. The molecular weight excluding hydrogens is 184 g/mol. The molecule has 0 amide bonds. The first-order chi connectivity index (χ1) is 0. The molecule has 2 N–H and O–H groups in total. The maximum Gasteiger partial charge on any atom is 0 e. The minimum atomic E-state index is 0. The quantitative estimate of drug-likeness (QED) is 0.359. The second-order valence-electron chi connectivity index (χ2n) is 0. The van der Waals surface area contributed by atoms with Gasteiger partial charge in [0.25, 0.3) is 0 Å². The normalized spacial score (nSPS) is 0. The summed E-state index contributed by atoms with van der Waals surface area (Å²) >= 11 is 0. The first-order valence-electron chi connectivity index (χ1n) is 0. The van der Waals surface area contributed by atoms with Gasteiger partial charge in [-0.25, -0.2) is 0 Å². The van der Waals surface area contributed by atoms with Crippen LogP contribution in [-0.4, -0.2) is 5.48 Å². The van der Waals surface area contributed by atoms with E-state index in [1.807, 2.05) is 0 Å². The van der Waals surface area contributed by atoms with Crippen molar-refractivity contribution >= 4 is 19.8 Å². The third kappa shape index (κ3) is 9.77. The minimum absolute atomic E-state index is 0. The van der Waals surface area contributed by atoms with Gasteiger partial charge < -0.3 is 5.48 Å². The molecule has 0 aromatic heterocycles. The van der Waals surface area contributed by atoms with E-state index < -0.39 is 0 Å². The molecule has 0 aliphatic heterocycles. The fourth-order valence-corrected chi connectivity index (χ4v) is 0. The summed E-state index contributed by atoms with van der Waals surface area (Å²) < 4.78 is 0. The second-order valence-corrected chi connectivity index (χ2v) is 0. The molecule has 0 aromatic carbocycles. The third-order valence-corrected chi connectivity index (χ3v) is 0. The predicted molar refractivity (Wildman–Crippen MR) is 25.8 cm³/mol. The van der Waals surface area contributed by atoms with E-state index in [4.69, 9.17) is 0 Å². The van der Waals surface area contributed by atoms with Crippen LogP contribution in [-0.2, 0) is 20.4 Å². The summed E-state index contributed by atoms with van der Waals surface area (Å²) in [4.78, 5) is 0. The van der Waals surface area contributed by atoms with E-state index in [1.165, 1.54) is 0 Å². The van der Waals surface area contributed by atoms with Crippen molar-refractivity contribution in [2.75, 3.05) is 0 Å². The zero-order valence-electron chi connectivity index (χ0n) is 2.23. The van der Waals surface area contributed by atoms with E-state index in [0.29, 0.717) is 0 Å². The smallest absolute Gasteiger partial charge is 0 e. The van der Waals surface area contributed by atoms with Crippen LogP contribution in [0.5, 0.6) is 0 Å². The summed E-state index contributed by atoms with van der Waals surface area (Å²) in [6.45, 7) is 0. The number of hydrogen-bond donors (Lipinski definition) is 0. The van der Waals surface area contributed by atoms with E-state index in [1.54, 1.807) is 0 Å². The maximum atomic E-state index is 0. The molecule has 0 aromatic rings. The van der Waals surface area contributed by atoms with Gasteiger partial charge in [-0.1, -0.05) is 0 Å². The molecule has 0 aliphatic rings. The molecule has 0 fully saturated rings. The van der Waals surface area contributed by atoms with E-state index >= 15 is 0 Å². The van der Waals surface area contributed by atoms with Gasteiger partial charge in [-0.2, -0.15) is 19.8 Å². The Hall–Kier alpha value is 1.48. The van der Waals surface area contributed by atoms with Crippen LogP contribution in [0.1, 0.15) is 0 Å². The average Bonchev–Trinajstić information content (AvgIpc) is 0. The van der Waals surface area contributed by atoms with Gasteiger partial charge in [0.15, 0.2) is 0 Å². The standard InChI is InChI=1S/H2O.2H3P.Pd/h1H2;2*1H3;. The van der Waals surface area contributed by atoms with Crippen LogP contribution >= 0.6 is 19.8 Å². The van der Waals surface area contributed by atoms with Crippen LogP contribution in [0.3, 0.4) is 0 Å². The van der Waals surface area contributed by atoms with Gasteiger partial charge in [0.2, 0.25) is 0 Å². The second kappa shape index (κ2) is 24.7. The van der Waals surface area contributed by atoms with Crippen molar-refractivity contribution in [2.24, 2.45) is 0 Å². The molecule has 4 heteroatoms. The maximum absolute atomic E-state index is 0. The molecule has 0 rings (SSSR count). The van der Waals surface area contributed by atoms with Crippen molar-refractivity contribution < 1.29 is 25.9 Å². The predicted octanol–water partition coefficient (Wildman–Crippen LogP) is -0.711. The first kappa shape index (κ1) is 50.1. The van der Waals surface area contributed by atoms with Crippen molar-refractivity contribution in [1.82, 2.24) is 0 Å². The molecular formula is H8OP2Pd. The van der Waals surface area contributed by atoms with Gasteiger partial charge in [0, 0.05) is 20.4 Å². The molecule has 0 saturated heterocycles. The molecule has 0 bridgehead atoms. The summed E-state index contributed by atoms with van der Waals surface area (Å²) in [6.07, 6.45) is 0. The fourth-order valence-electron chi connectivity index (χ4n) is 0. The van der Waals surface area contributed by atoms with E-state index in [-0.39, 0.29) is 45.7 Å². The largest absolute Gasteiger partial charge is 0.412 e. The Kier molecular flexibility index (Phi) is 310. The minimum Gasteiger partial charge on any atom is -0.412 e. The van der Waals surface area contributed by atoms with E-state index in [9.17, 15) is 0 Å². The molecule has 0 radical (unpaired) electrons. The third-order valence-electron chi connectivity index (χ3n) is 0. The molecule has 1 nitrogen and oxygen atoms in total. The van der Waals surface area contributed by atoms with E-state index in [2.05, 4.69) is 0 Å². The number of hydrogen-bond acceptors (Lipinski definition) is 0. The van der Waals surface area contributed by atoms with Crippen LogP contribution in [0.2, 0.25) is 0 Å². The van der Waals surface area contributed by atoms with Crippen molar-refractivity contribution in [3.05, 3.63) is 0 Å². The van der Waals surface area contributed by atoms with Crippen LogP contribution in [0.4, 0.5) is 0 Å². The zero-order valence-corrected chi connectivity index (χ0v) is 6.61. The molecule has 4 heavy (non-hydrogen) atoms. The molecule has 0 aliphatic carbocycles. The first-order valence-corrected chi connectivity index (χ1v) is 0. The van der Waals surface area contributed by atoms with Crippen molar-refractivity contribution in [3.8, 4) is 0 Å². The van der Waals surface area contributed by atoms with E-state index in [0.717, 1.165) is 0 Å². The van der Waals surface area contributed by atoms with Gasteiger partial charge in [-0.3, -0.25) is 0 Å². The summed E-state index contributed by atoms with van der Waals surface area (Å²) in [5, 5.41) is 0. The van der Waals surface area contributed by atoms with Crippen LogP contribution in [0, 0.1) is 0 Å². The summed E-state index contributed by atoms with van der Waals surface area (Å²) in [5.74, 6) is 0. The SMILES string of the molecule is O.P.P.[Pd]. The van der Waals surface area contributed by atoms with Gasteiger partial charge in [-0.05, 0) is 0 Å². The van der Waals surface area contributed by atoms with Crippen molar-refractivity contribution in [3.63, 3.8) is 0 Å². The van der Waals surface area contributed by atoms with Gasteiger partial charge in [-0.15, -0.1) is 0 Å². The zero-order chi connectivity index (χ0) is 0. The monoisotopic (exact) mass is 192 g/mol. The fraction of sp³-hybridized carbons (Fsp3) is 0. The van der Waals surface area contributed by atoms with Crippen molar-refractivity contribution in [1.29, 1.82) is 0 Å². The Bertz CT molecular complexity index is 6.00. The van der Waals surface area contributed by atoms with Gasteiger partial charge >= 0.3 is 0 Å². The number of rotatable bonds is 0. The van der Waals surface area contributed by atoms with Crippen molar-refractivity contribution in [2.45, 2.75) is 0 Å². The van der Waals surface area contributed by atoms with Gasteiger partial charge in [0.05, 0.1) is 0 Å². The Morgan fingerprint density at radius 1 is 0.750 bits per heavy atom. The Balaban J connectivity index is 0. The Morgan fingerprint density at radius 2 is 0.750 bits per heavy atom. The summed E-state index contributed by atoms with van der Waals surface area (Å²) in [5.41, 5.74) is 0. The van der Waals surface area contributed by atoms with Crippen LogP contribution < -0.4 is 0 Å². The van der Waals surface area contributed by atoms with Crippen LogP contribution in [0.15, 0.2) is 0 Å². The summed E-state index contributed by atoms with van der Waals surface area (Å²) in [7, 11) is 0. The van der Waals surface area contributed by atoms with Crippen LogP contribution in [0.25, 0.3) is 0 Å². The molecule has 2 unspecified atom stereocenters. The molecule has 2 atom stereocenters. The molecule has 0 heterocycles. The summed E-state index contributed by atoms with van der Waals surface area (Å²) in [6, 6.07) is 0. The molecule has 34 valence electrons. The van der Waals surface area contributed by atoms with Gasteiger partial charge in [0.1, 0.15) is 0 Å².